The molecule has 25 heavy (non-hydrogen) atoms. The van der Waals surface area contributed by atoms with E-state index in [1.165, 1.54) is 55.6 Å². The topological polar surface area (TPSA) is 3.24 Å². The van der Waals surface area contributed by atoms with E-state index in [-0.39, 0.29) is 0 Å². The molecule has 2 aromatic carbocycles. The molecule has 1 nitrogen and oxygen atoms in total. The van der Waals surface area contributed by atoms with Crippen molar-refractivity contribution in [2.75, 3.05) is 11.4 Å². The van der Waals surface area contributed by atoms with Crippen molar-refractivity contribution in [3.05, 3.63) is 59.7 Å². The molecule has 0 amide bonds. The molecule has 4 saturated carbocycles. The minimum atomic E-state index is 0.423. The lowest BCUT2D eigenvalue weighted by Gasteiger charge is -2.60. The van der Waals surface area contributed by atoms with E-state index in [1.807, 2.05) is 0 Å². The summed E-state index contributed by atoms with van der Waals surface area (Å²) in [6.45, 7) is 3.48. The van der Waals surface area contributed by atoms with Crippen LogP contribution in [0.5, 0.6) is 0 Å². The molecule has 4 aliphatic carbocycles. The van der Waals surface area contributed by atoms with Crippen LogP contribution in [0.4, 0.5) is 11.4 Å². The number of fused-ring (bicyclic) bond motifs is 1. The van der Waals surface area contributed by atoms with Gasteiger partial charge in [-0.05, 0) is 86.0 Å². The lowest BCUT2D eigenvalue weighted by atomic mass is 9.44. The smallest absolute Gasteiger partial charge is 0.0450 e. The van der Waals surface area contributed by atoms with Gasteiger partial charge in [-0.25, -0.2) is 0 Å². The number of nitrogens with zero attached hydrogens (tertiary/aromatic N) is 1. The Labute approximate surface area is 151 Å². The van der Waals surface area contributed by atoms with Crippen LogP contribution in [0.1, 0.15) is 43.2 Å². The predicted molar refractivity (Wildman–Crippen MR) is 103 cm³/mol. The highest BCUT2D eigenvalue weighted by atomic mass is 15.2. The average molecular weight is 329 g/mol. The van der Waals surface area contributed by atoms with E-state index >= 15 is 0 Å². The summed E-state index contributed by atoms with van der Waals surface area (Å²) in [5.41, 5.74) is 6.40. The van der Waals surface area contributed by atoms with Gasteiger partial charge in [-0.15, -0.1) is 0 Å². The number of anilines is 2. The fourth-order valence-corrected chi connectivity index (χ4v) is 7.34. The first-order valence-corrected chi connectivity index (χ1v) is 10.2. The van der Waals surface area contributed by atoms with Crippen LogP contribution >= 0.6 is 0 Å². The minimum absolute atomic E-state index is 0.423. The highest BCUT2D eigenvalue weighted by molar-refractivity contribution is 5.75. The number of para-hydroxylation sites is 2. The van der Waals surface area contributed by atoms with Crippen molar-refractivity contribution in [1.29, 1.82) is 0 Å². The standard InChI is InChI=1S/C24H27N/c1-16-6-2-4-8-22(16)25-15-24(21-7-3-5-9-23(21)25)19-11-17-10-18(13-19)14-20(24)12-17/h2-9,17-20H,10-15H2,1H3. The van der Waals surface area contributed by atoms with Crippen LogP contribution in [-0.4, -0.2) is 6.54 Å². The van der Waals surface area contributed by atoms with Crippen LogP contribution in [0.25, 0.3) is 0 Å². The zero-order valence-electron chi connectivity index (χ0n) is 15.1. The summed E-state index contributed by atoms with van der Waals surface area (Å²) >= 11 is 0. The molecule has 0 saturated heterocycles. The summed E-state index contributed by atoms with van der Waals surface area (Å²) in [5.74, 6) is 3.90. The molecule has 0 N–H and O–H groups in total. The van der Waals surface area contributed by atoms with E-state index in [1.54, 1.807) is 5.56 Å². The van der Waals surface area contributed by atoms with Gasteiger partial charge in [-0.1, -0.05) is 36.4 Å². The van der Waals surface area contributed by atoms with Gasteiger partial charge in [0.15, 0.2) is 0 Å². The Morgan fingerprint density at radius 2 is 1.36 bits per heavy atom. The number of hydrogen-bond donors (Lipinski definition) is 0. The Hall–Kier alpha value is -1.76. The van der Waals surface area contributed by atoms with Gasteiger partial charge in [0.05, 0.1) is 0 Å². The van der Waals surface area contributed by atoms with E-state index in [9.17, 15) is 0 Å². The molecule has 5 aliphatic rings. The van der Waals surface area contributed by atoms with Crippen LogP contribution in [0, 0.1) is 30.6 Å². The molecule has 0 radical (unpaired) electrons. The second kappa shape index (κ2) is 4.90. The third kappa shape index (κ3) is 1.80. The van der Waals surface area contributed by atoms with Crippen molar-refractivity contribution >= 4 is 11.4 Å². The second-order valence-electron chi connectivity index (χ2n) is 9.23. The molecule has 1 heterocycles. The maximum atomic E-state index is 2.66. The van der Waals surface area contributed by atoms with Crippen LogP contribution in [-0.2, 0) is 5.41 Å². The lowest BCUT2D eigenvalue weighted by Crippen LogP contribution is -2.57. The molecule has 1 heteroatoms. The molecule has 0 unspecified atom stereocenters. The van der Waals surface area contributed by atoms with Gasteiger partial charge < -0.3 is 4.90 Å². The summed E-state index contributed by atoms with van der Waals surface area (Å²) in [5, 5.41) is 0. The third-order valence-corrected chi connectivity index (χ3v) is 8.12. The average Bonchev–Trinajstić information content (AvgIpc) is 2.96. The molecule has 1 aliphatic heterocycles. The third-order valence-electron chi connectivity index (χ3n) is 8.12. The quantitative estimate of drug-likeness (QED) is 0.635. The molecule has 4 fully saturated rings. The molecule has 0 aromatic heterocycles. The van der Waals surface area contributed by atoms with Crippen molar-refractivity contribution in [1.82, 2.24) is 0 Å². The maximum absolute atomic E-state index is 2.66. The van der Waals surface area contributed by atoms with Crippen LogP contribution in [0.15, 0.2) is 48.5 Å². The van der Waals surface area contributed by atoms with Gasteiger partial charge in [0, 0.05) is 23.3 Å². The fourth-order valence-electron chi connectivity index (χ4n) is 7.34. The monoisotopic (exact) mass is 329 g/mol. The van der Waals surface area contributed by atoms with Crippen molar-refractivity contribution in [2.45, 2.75) is 44.4 Å². The van der Waals surface area contributed by atoms with E-state index < -0.39 is 0 Å². The highest BCUT2D eigenvalue weighted by Gasteiger charge is 2.61. The molecule has 1 spiro atoms. The number of benzene rings is 2. The van der Waals surface area contributed by atoms with Gasteiger partial charge in [0.2, 0.25) is 0 Å². The Morgan fingerprint density at radius 3 is 2.04 bits per heavy atom. The number of aryl methyl sites for hydroxylation is 1. The van der Waals surface area contributed by atoms with E-state index in [2.05, 4.69) is 60.4 Å². The Balaban J connectivity index is 1.53. The number of rotatable bonds is 1. The van der Waals surface area contributed by atoms with Crippen molar-refractivity contribution < 1.29 is 0 Å². The normalized spacial score (nSPS) is 37.7. The van der Waals surface area contributed by atoms with E-state index in [0.717, 1.165) is 23.7 Å². The molecular formula is C24H27N. The predicted octanol–water partition coefficient (Wildman–Crippen LogP) is 5.84. The molecule has 7 rings (SSSR count). The van der Waals surface area contributed by atoms with Crippen molar-refractivity contribution in [2.24, 2.45) is 23.7 Å². The van der Waals surface area contributed by atoms with Crippen molar-refractivity contribution in [3.63, 3.8) is 0 Å². The highest BCUT2D eigenvalue weighted by Crippen LogP contribution is 2.66. The van der Waals surface area contributed by atoms with E-state index in [0.29, 0.717) is 5.41 Å². The second-order valence-corrected chi connectivity index (χ2v) is 9.23. The largest absolute Gasteiger partial charge is 0.340 e. The Morgan fingerprint density at radius 1 is 0.760 bits per heavy atom. The van der Waals surface area contributed by atoms with Gasteiger partial charge in [0.1, 0.15) is 0 Å². The lowest BCUT2D eigenvalue weighted by molar-refractivity contribution is -0.0529. The van der Waals surface area contributed by atoms with E-state index in [4.69, 9.17) is 0 Å². The van der Waals surface area contributed by atoms with Gasteiger partial charge >= 0.3 is 0 Å². The Bertz CT molecular complexity index is 807. The van der Waals surface area contributed by atoms with Crippen molar-refractivity contribution in [3.8, 4) is 0 Å². The minimum Gasteiger partial charge on any atom is -0.340 e. The first-order chi connectivity index (χ1) is 12.3. The summed E-state index contributed by atoms with van der Waals surface area (Å²) in [4.78, 5) is 2.66. The van der Waals surface area contributed by atoms with Crippen LogP contribution < -0.4 is 4.90 Å². The molecule has 4 bridgehead atoms. The first kappa shape index (κ1) is 14.4. The zero-order chi connectivity index (χ0) is 16.6. The summed E-state index contributed by atoms with van der Waals surface area (Å²) in [6.07, 6.45) is 7.49. The SMILES string of the molecule is Cc1ccccc1N1CC2(c3ccccc31)C1CC3CC(C1)CC2C3. The molecule has 0 atom stereocenters. The van der Waals surface area contributed by atoms with Crippen LogP contribution in [0.3, 0.4) is 0 Å². The van der Waals surface area contributed by atoms with Gasteiger partial charge in [-0.3, -0.25) is 0 Å². The number of hydrogen-bond acceptors (Lipinski definition) is 1. The summed E-state index contributed by atoms with van der Waals surface area (Å²) < 4.78 is 0. The fraction of sp³-hybridized carbons (Fsp3) is 0.500. The molecule has 2 aromatic rings. The van der Waals surface area contributed by atoms with Gasteiger partial charge in [-0.2, -0.15) is 0 Å². The summed E-state index contributed by atoms with van der Waals surface area (Å²) in [6, 6.07) is 18.3. The molecule has 128 valence electrons. The van der Waals surface area contributed by atoms with Crippen LogP contribution in [0.2, 0.25) is 0 Å². The zero-order valence-corrected chi connectivity index (χ0v) is 15.1. The molecular weight excluding hydrogens is 302 g/mol. The first-order valence-electron chi connectivity index (χ1n) is 10.2. The maximum Gasteiger partial charge on any atom is 0.0450 e. The summed E-state index contributed by atoms with van der Waals surface area (Å²) in [7, 11) is 0. The Kier molecular flexibility index (Phi) is 2.83. The van der Waals surface area contributed by atoms with Gasteiger partial charge in [0.25, 0.3) is 0 Å².